The lowest BCUT2D eigenvalue weighted by atomic mass is 10.0. The number of piperidine rings is 1. The molecule has 4 heterocycles. The fraction of sp³-hybridized carbons (Fsp3) is 0.464. The molecule has 0 atom stereocenters. The number of piperazine rings is 1. The quantitative estimate of drug-likeness (QED) is 0.457. The highest BCUT2D eigenvalue weighted by molar-refractivity contribution is 5.54. The highest BCUT2D eigenvalue weighted by atomic mass is 19.1. The Bertz CT molecular complexity index is 1240. The van der Waals surface area contributed by atoms with Gasteiger partial charge in [0.05, 0.1) is 37.0 Å². The molecule has 2 aliphatic rings. The highest BCUT2D eigenvalue weighted by Crippen LogP contribution is 2.28. The van der Waals surface area contributed by atoms with Crippen LogP contribution in [0.4, 0.5) is 26.2 Å². The molecular weight excluding hydrogens is 504 g/mol. The van der Waals surface area contributed by atoms with Crippen LogP contribution in [-0.2, 0) is 6.61 Å². The molecule has 2 aliphatic heterocycles. The molecule has 11 heteroatoms. The number of ether oxygens (including phenoxy) is 2. The van der Waals surface area contributed by atoms with E-state index in [9.17, 15) is 8.78 Å². The molecule has 0 aliphatic carbocycles. The number of anilines is 3. The number of benzene rings is 1. The minimum Gasteiger partial charge on any atom is -0.494 e. The van der Waals surface area contributed by atoms with Crippen LogP contribution in [0.25, 0.3) is 0 Å². The summed E-state index contributed by atoms with van der Waals surface area (Å²) in [6.45, 7) is 7.92. The largest absolute Gasteiger partial charge is 0.494 e. The predicted octanol–water partition coefficient (Wildman–Crippen LogP) is 4.01. The van der Waals surface area contributed by atoms with E-state index in [0.717, 1.165) is 45.0 Å². The Morgan fingerprint density at radius 2 is 1.67 bits per heavy atom. The standard InChI is InChI=1S/C28H35F2N7O2/c1-19-14-24(38-3)27(30)23(26(19)29)18-39-22-16-32-28(33-17-22)34-25-5-4-21(15-31-25)36-8-6-20(7-9-36)37-12-10-35(2)11-13-37/h4-5,14-17,20H,6-13,18H2,1-3H3,(H,31,32,33,34). The van der Waals surface area contributed by atoms with E-state index in [0.29, 0.717) is 17.8 Å². The van der Waals surface area contributed by atoms with Gasteiger partial charge in [-0.05, 0) is 50.6 Å². The topological polar surface area (TPSA) is 78.9 Å². The third-order valence-corrected chi connectivity index (χ3v) is 7.54. The lowest BCUT2D eigenvalue weighted by molar-refractivity contribution is 0.0982. The fourth-order valence-corrected chi connectivity index (χ4v) is 5.13. The number of aromatic nitrogens is 3. The van der Waals surface area contributed by atoms with Crippen LogP contribution in [0.15, 0.2) is 36.8 Å². The minimum atomic E-state index is -0.784. The van der Waals surface area contributed by atoms with Gasteiger partial charge in [-0.1, -0.05) is 0 Å². The maximum atomic E-state index is 14.5. The molecule has 0 amide bonds. The molecule has 0 radical (unpaired) electrons. The molecular formula is C28H35F2N7O2. The fourth-order valence-electron chi connectivity index (χ4n) is 5.13. The van der Waals surface area contributed by atoms with Crippen molar-refractivity contribution in [1.82, 2.24) is 24.8 Å². The molecule has 3 aromatic rings. The van der Waals surface area contributed by atoms with Gasteiger partial charge in [-0.25, -0.2) is 23.7 Å². The van der Waals surface area contributed by atoms with Crippen molar-refractivity contribution in [2.24, 2.45) is 0 Å². The summed E-state index contributed by atoms with van der Waals surface area (Å²) in [6.07, 6.45) is 7.09. The Morgan fingerprint density at radius 3 is 2.31 bits per heavy atom. The van der Waals surface area contributed by atoms with Gasteiger partial charge in [0.2, 0.25) is 5.95 Å². The van der Waals surface area contributed by atoms with Gasteiger partial charge in [-0.15, -0.1) is 0 Å². The van der Waals surface area contributed by atoms with E-state index in [1.165, 1.54) is 38.4 Å². The van der Waals surface area contributed by atoms with Gasteiger partial charge in [0.25, 0.3) is 0 Å². The van der Waals surface area contributed by atoms with Gasteiger partial charge in [0.1, 0.15) is 18.2 Å². The zero-order valence-electron chi connectivity index (χ0n) is 22.7. The van der Waals surface area contributed by atoms with Crippen molar-refractivity contribution in [2.75, 3.05) is 63.6 Å². The lowest BCUT2D eigenvalue weighted by Crippen LogP contribution is -2.52. The van der Waals surface area contributed by atoms with Crippen molar-refractivity contribution in [3.63, 3.8) is 0 Å². The number of likely N-dealkylation sites (N-methyl/N-ethyl adjacent to an activating group) is 1. The number of nitrogens with one attached hydrogen (secondary N) is 1. The average Bonchev–Trinajstić information content (AvgIpc) is 2.97. The number of hydrogen-bond donors (Lipinski definition) is 1. The highest BCUT2D eigenvalue weighted by Gasteiger charge is 2.27. The van der Waals surface area contributed by atoms with Crippen LogP contribution in [0.2, 0.25) is 0 Å². The first-order valence-electron chi connectivity index (χ1n) is 13.3. The summed E-state index contributed by atoms with van der Waals surface area (Å²) in [5.41, 5.74) is 1.17. The molecule has 208 valence electrons. The average molecular weight is 540 g/mol. The van der Waals surface area contributed by atoms with Gasteiger partial charge in [-0.2, -0.15) is 0 Å². The van der Waals surface area contributed by atoms with Crippen molar-refractivity contribution in [3.05, 3.63) is 59.6 Å². The summed E-state index contributed by atoms with van der Waals surface area (Å²) in [5.74, 6) is -0.240. The second-order valence-corrected chi connectivity index (χ2v) is 10.1. The van der Waals surface area contributed by atoms with E-state index < -0.39 is 11.6 Å². The maximum absolute atomic E-state index is 14.5. The molecule has 39 heavy (non-hydrogen) atoms. The first-order chi connectivity index (χ1) is 18.9. The zero-order valence-corrected chi connectivity index (χ0v) is 22.7. The number of nitrogens with zero attached hydrogens (tertiary/aromatic N) is 6. The van der Waals surface area contributed by atoms with E-state index >= 15 is 0 Å². The molecule has 1 aromatic carbocycles. The summed E-state index contributed by atoms with van der Waals surface area (Å²) >= 11 is 0. The van der Waals surface area contributed by atoms with Crippen molar-refractivity contribution in [1.29, 1.82) is 0 Å². The number of methoxy groups -OCH3 is 1. The van der Waals surface area contributed by atoms with Crippen molar-refractivity contribution in [2.45, 2.75) is 32.4 Å². The monoisotopic (exact) mass is 539 g/mol. The Kier molecular flexibility index (Phi) is 8.37. The number of halogens is 2. The molecule has 2 aromatic heterocycles. The van der Waals surface area contributed by atoms with Crippen molar-refractivity contribution >= 4 is 17.5 Å². The minimum absolute atomic E-state index is 0.0306. The van der Waals surface area contributed by atoms with E-state index in [4.69, 9.17) is 9.47 Å². The van der Waals surface area contributed by atoms with Gasteiger partial charge in [0, 0.05) is 45.3 Å². The number of rotatable bonds is 8. The number of hydrogen-bond acceptors (Lipinski definition) is 9. The zero-order chi connectivity index (χ0) is 27.4. The molecule has 0 spiro atoms. The Hall–Kier alpha value is -3.57. The van der Waals surface area contributed by atoms with Crippen LogP contribution in [-0.4, -0.2) is 84.2 Å². The second kappa shape index (κ2) is 12.1. The van der Waals surface area contributed by atoms with Gasteiger partial charge >= 0.3 is 0 Å². The number of aryl methyl sites for hydroxylation is 1. The maximum Gasteiger partial charge on any atom is 0.228 e. The number of pyridine rings is 1. The van der Waals surface area contributed by atoms with Crippen LogP contribution >= 0.6 is 0 Å². The molecule has 2 fully saturated rings. The van der Waals surface area contributed by atoms with E-state index in [2.05, 4.69) is 48.1 Å². The lowest BCUT2D eigenvalue weighted by Gasteiger charge is -2.42. The third kappa shape index (κ3) is 6.36. The Balaban J connectivity index is 1.12. The molecule has 0 bridgehead atoms. The molecule has 2 saturated heterocycles. The van der Waals surface area contributed by atoms with Crippen LogP contribution in [0, 0.1) is 18.6 Å². The Labute approximate surface area is 227 Å². The summed E-state index contributed by atoms with van der Waals surface area (Å²) in [7, 11) is 3.53. The summed E-state index contributed by atoms with van der Waals surface area (Å²) in [5, 5.41) is 3.07. The van der Waals surface area contributed by atoms with Gasteiger partial charge in [-0.3, -0.25) is 4.90 Å². The summed E-state index contributed by atoms with van der Waals surface area (Å²) < 4.78 is 39.4. The van der Waals surface area contributed by atoms with Gasteiger partial charge < -0.3 is 24.6 Å². The van der Waals surface area contributed by atoms with Crippen molar-refractivity contribution in [3.8, 4) is 11.5 Å². The van der Waals surface area contributed by atoms with E-state index in [1.54, 1.807) is 6.92 Å². The molecule has 5 rings (SSSR count). The summed E-state index contributed by atoms with van der Waals surface area (Å²) in [6, 6.07) is 5.95. The van der Waals surface area contributed by atoms with E-state index in [1.807, 2.05) is 12.3 Å². The van der Waals surface area contributed by atoms with Crippen molar-refractivity contribution < 1.29 is 18.3 Å². The first kappa shape index (κ1) is 27.0. The predicted molar refractivity (Wildman–Crippen MR) is 146 cm³/mol. The first-order valence-corrected chi connectivity index (χ1v) is 13.3. The van der Waals surface area contributed by atoms with Crippen LogP contribution in [0.3, 0.4) is 0 Å². The van der Waals surface area contributed by atoms with Crippen LogP contribution in [0.1, 0.15) is 24.0 Å². The van der Waals surface area contributed by atoms with Crippen LogP contribution in [0.5, 0.6) is 11.5 Å². The normalized spacial score (nSPS) is 17.3. The summed E-state index contributed by atoms with van der Waals surface area (Å²) in [4.78, 5) is 20.4. The molecule has 0 unspecified atom stereocenters. The SMILES string of the molecule is COc1cc(C)c(F)c(COc2cnc(Nc3ccc(N4CCC(N5CCN(C)CC5)CC4)cn3)nc2)c1F. The smallest absolute Gasteiger partial charge is 0.228 e. The van der Waals surface area contributed by atoms with Gasteiger partial charge in [0.15, 0.2) is 17.3 Å². The second-order valence-electron chi connectivity index (χ2n) is 10.1. The third-order valence-electron chi connectivity index (χ3n) is 7.54. The molecule has 9 nitrogen and oxygen atoms in total. The van der Waals surface area contributed by atoms with Crippen LogP contribution < -0.4 is 19.7 Å². The molecule has 0 saturated carbocycles. The molecule has 1 N–H and O–H groups in total. The Morgan fingerprint density at radius 1 is 0.949 bits per heavy atom. The van der Waals surface area contributed by atoms with E-state index in [-0.39, 0.29) is 29.2 Å².